The van der Waals surface area contributed by atoms with Crippen LogP contribution in [0.5, 0.6) is 0 Å². The quantitative estimate of drug-likeness (QED) is 0.268. The van der Waals surface area contributed by atoms with E-state index in [-0.39, 0.29) is 0 Å². The molecule has 0 bridgehead atoms. The van der Waals surface area contributed by atoms with Gasteiger partial charge in [0, 0.05) is 42.2 Å². The fourth-order valence-electron chi connectivity index (χ4n) is 4.29. The van der Waals surface area contributed by atoms with Crippen LogP contribution in [0.15, 0.2) is 85.1 Å². The standard InChI is InChI=1S/C29H27N9/c1-20(2)18-38(19-21-9-4-3-5-10-21)27-16-23(32-28-22(17-30)11-8-14-31-28)15-26(33-27)24-12-6-7-13-25(24)29-34-36-37-35-29/h3-16,20H,18-19H2,1-2H3,(H,31,32,33)(H,34,35,36,37). The normalized spacial score (nSPS) is 10.8. The molecule has 0 fully saturated rings. The molecule has 0 amide bonds. The maximum absolute atomic E-state index is 9.60. The van der Waals surface area contributed by atoms with Gasteiger partial charge in [-0.05, 0) is 40.1 Å². The number of aromatic amines is 1. The van der Waals surface area contributed by atoms with E-state index in [4.69, 9.17) is 4.98 Å². The van der Waals surface area contributed by atoms with Gasteiger partial charge in [0.1, 0.15) is 17.7 Å². The first-order valence-corrected chi connectivity index (χ1v) is 12.4. The maximum atomic E-state index is 9.60. The Balaban J connectivity index is 1.64. The molecule has 5 rings (SSSR count). The van der Waals surface area contributed by atoms with E-state index in [1.54, 1.807) is 18.3 Å². The van der Waals surface area contributed by atoms with Crippen LogP contribution in [0.1, 0.15) is 25.0 Å². The number of pyridine rings is 2. The van der Waals surface area contributed by atoms with Gasteiger partial charge >= 0.3 is 0 Å². The summed E-state index contributed by atoms with van der Waals surface area (Å²) in [6.07, 6.45) is 1.67. The van der Waals surface area contributed by atoms with E-state index >= 15 is 0 Å². The van der Waals surface area contributed by atoms with Gasteiger partial charge in [-0.2, -0.15) is 5.26 Å². The number of anilines is 3. The maximum Gasteiger partial charge on any atom is 0.180 e. The van der Waals surface area contributed by atoms with E-state index in [9.17, 15) is 5.26 Å². The van der Waals surface area contributed by atoms with E-state index in [1.807, 2.05) is 54.6 Å². The van der Waals surface area contributed by atoms with Gasteiger partial charge in [0.15, 0.2) is 5.82 Å². The fraction of sp³-hybridized carbons (Fsp3) is 0.172. The average Bonchev–Trinajstić information content (AvgIpc) is 3.48. The zero-order chi connectivity index (χ0) is 26.3. The van der Waals surface area contributed by atoms with E-state index < -0.39 is 0 Å². The van der Waals surface area contributed by atoms with Crippen LogP contribution in [0.3, 0.4) is 0 Å². The van der Waals surface area contributed by atoms with E-state index in [0.29, 0.717) is 29.7 Å². The Labute approximate surface area is 221 Å². The summed E-state index contributed by atoms with van der Waals surface area (Å²) in [5, 5.41) is 27.4. The summed E-state index contributed by atoms with van der Waals surface area (Å²) >= 11 is 0. The van der Waals surface area contributed by atoms with Gasteiger partial charge in [-0.15, -0.1) is 5.10 Å². The summed E-state index contributed by atoms with van der Waals surface area (Å²) < 4.78 is 0. The van der Waals surface area contributed by atoms with Gasteiger partial charge in [-0.3, -0.25) is 0 Å². The van der Waals surface area contributed by atoms with Crippen molar-refractivity contribution in [3.63, 3.8) is 0 Å². The van der Waals surface area contributed by atoms with Crippen molar-refractivity contribution in [2.24, 2.45) is 5.92 Å². The number of nitrogens with one attached hydrogen (secondary N) is 2. The van der Waals surface area contributed by atoms with Crippen molar-refractivity contribution < 1.29 is 0 Å². The highest BCUT2D eigenvalue weighted by atomic mass is 15.5. The molecule has 0 spiro atoms. The SMILES string of the molecule is CC(C)CN(Cc1ccccc1)c1cc(Nc2ncccc2C#N)cc(-c2ccccc2-c2nnn[nH]2)n1. The molecule has 3 aromatic heterocycles. The smallest absolute Gasteiger partial charge is 0.180 e. The number of benzene rings is 2. The van der Waals surface area contributed by atoms with Gasteiger partial charge in [0.05, 0.1) is 11.3 Å². The fourth-order valence-corrected chi connectivity index (χ4v) is 4.29. The molecular formula is C29H27N9. The third-order valence-corrected chi connectivity index (χ3v) is 5.93. The molecule has 2 N–H and O–H groups in total. The summed E-state index contributed by atoms with van der Waals surface area (Å²) in [5.74, 6) is 2.27. The lowest BCUT2D eigenvalue weighted by Gasteiger charge is -2.27. The molecule has 2 aromatic carbocycles. The Hall–Kier alpha value is -5.10. The minimum atomic E-state index is 0.411. The summed E-state index contributed by atoms with van der Waals surface area (Å²) in [6.45, 7) is 5.90. The predicted octanol–water partition coefficient (Wildman–Crippen LogP) is 5.60. The summed E-state index contributed by atoms with van der Waals surface area (Å²) in [7, 11) is 0. The molecule has 0 aliphatic heterocycles. The minimum Gasteiger partial charge on any atom is -0.352 e. The second kappa shape index (κ2) is 11.3. The number of nitriles is 1. The number of aromatic nitrogens is 6. The summed E-state index contributed by atoms with van der Waals surface area (Å²) in [4.78, 5) is 11.8. The third kappa shape index (κ3) is 5.65. The van der Waals surface area contributed by atoms with Gasteiger partial charge in [-0.1, -0.05) is 68.4 Å². The van der Waals surface area contributed by atoms with Crippen molar-refractivity contribution in [2.45, 2.75) is 20.4 Å². The van der Waals surface area contributed by atoms with Crippen LogP contribution in [-0.4, -0.2) is 37.1 Å². The zero-order valence-corrected chi connectivity index (χ0v) is 21.2. The molecule has 0 aliphatic carbocycles. The number of hydrogen-bond donors (Lipinski definition) is 2. The second-order valence-electron chi connectivity index (χ2n) is 9.29. The molecule has 3 heterocycles. The molecule has 0 atom stereocenters. The topological polar surface area (TPSA) is 119 Å². The highest BCUT2D eigenvalue weighted by Gasteiger charge is 2.18. The number of rotatable bonds is 9. The van der Waals surface area contributed by atoms with Crippen LogP contribution in [-0.2, 0) is 6.54 Å². The molecule has 9 nitrogen and oxygen atoms in total. The summed E-state index contributed by atoms with van der Waals surface area (Å²) in [5.41, 5.74) is 4.88. The van der Waals surface area contributed by atoms with Crippen LogP contribution in [0.4, 0.5) is 17.3 Å². The number of nitrogens with zero attached hydrogens (tertiary/aromatic N) is 7. The Bertz CT molecular complexity index is 1540. The lowest BCUT2D eigenvalue weighted by Crippen LogP contribution is -2.28. The van der Waals surface area contributed by atoms with Gasteiger partial charge in [-0.25, -0.2) is 15.1 Å². The monoisotopic (exact) mass is 501 g/mol. The van der Waals surface area contributed by atoms with Crippen LogP contribution in [0, 0.1) is 17.2 Å². The minimum absolute atomic E-state index is 0.411. The van der Waals surface area contributed by atoms with Crippen molar-refractivity contribution in [1.82, 2.24) is 30.6 Å². The summed E-state index contributed by atoms with van der Waals surface area (Å²) in [6, 6.07) is 27.9. The number of H-pyrrole nitrogens is 1. The molecule has 5 aromatic rings. The molecule has 9 heteroatoms. The van der Waals surface area contributed by atoms with Crippen molar-refractivity contribution in [3.05, 3.63) is 96.2 Å². The van der Waals surface area contributed by atoms with Crippen LogP contribution in [0.2, 0.25) is 0 Å². The largest absolute Gasteiger partial charge is 0.352 e. The van der Waals surface area contributed by atoms with E-state index in [0.717, 1.165) is 34.9 Å². The van der Waals surface area contributed by atoms with Crippen molar-refractivity contribution in [3.8, 4) is 28.7 Å². The van der Waals surface area contributed by atoms with Gasteiger partial charge in [0.2, 0.25) is 0 Å². The lowest BCUT2D eigenvalue weighted by molar-refractivity contribution is 0.605. The Morgan fingerprint density at radius 3 is 2.50 bits per heavy atom. The highest BCUT2D eigenvalue weighted by Crippen LogP contribution is 2.33. The van der Waals surface area contributed by atoms with Gasteiger partial charge < -0.3 is 10.2 Å². The molecule has 188 valence electrons. The molecule has 0 saturated heterocycles. The van der Waals surface area contributed by atoms with Crippen LogP contribution >= 0.6 is 0 Å². The number of tetrazole rings is 1. The highest BCUT2D eigenvalue weighted by molar-refractivity contribution is 5.81. The molecule has 38 heavy (non-hydrogen) atoms. The predicted molar refractivity (Wildman–Crippen MR) is 147 cm³/mol. The van der Waals surface area contributed by atoms with E-state index in [2.05, 4.69) is 67.9 Å². The second-order valence-corrected chi connectivity index (χ2v) is 9.29. The third-order valence-electron chi connectivity index (χ3n) is 5.93. The van der Waals surface area contributed by atoms with Crippen LogP contribution in [0.25, 0.3) is 22.6 Å². The average molecular weight is 502 g/mol. The number of hydrogen-bond acceptors (Lipinski definition) is 8. The molecule has 0 saturated carbocycles. The van der Waals surface area contributed by atoms with Crippen molar-refractivity contribution in [2.75, 3.05) is 16.8 Å². The molecular weight excluding hydrogens is 474 g/mol. The van der Waals surface area contributed by atoms with Gasteiger partial charge in [0.25, 0.3) is 0 Å². The van der Waals surface area contributed by atoms with Crippen LogP contribution < -0.4 is 10.2 Å². The Morgan fingerprint density at radius 2 is 1.76 bits per heavy atom. The zero-order valence-electron chi connectivity index (χ0n) is 21.2. The lowest BCUT2D eigenvalue weighted by atomic mass is 10.0. The first kappa shape index (κ1) is 24.6. The van der Waals surface area contributed by atoms with E-state index in [1.165, 1.54) is 5.56 Å². The Morgan fingerprint density at radius 1 is 0.974 bits per heavy atom. The molecule has 0 unspecified atom stereocenters. The first-order chi connectivity index (χ1) is 18.6. The Kier molecular flexibility index (Phi) is 7.32. The molecule has 0 aliphatic rings. The molecule has 0 radical (unpaired) electrons. The van der Waals surface area contributed by atoms with Crippen molar-refractivity contribution >= 4 is 17.3 Å². The first-order valence-electron chi connectivity index (χ1n) is 12.4. The van der Waals surface area contributed by atoms with Crippen molar-refractivity contribution in [1.29, 1.82) is 5.26 Å².